The van der Waals surface area contributed by atoms with Crippen molar-refractivity contribution >= 4 is 33.8 Å². The van der Waals surface area contributed by atoms with E-state index >= 15 is 0 Å². The summed E-state index contributed by atoms with van der Waals surface area (Å²) in [5, 5.41) is 0. The minimum Gasteiger partial charge on any atom is -0.481 e. The van der Waals surface area contributed by atoms with Crippen LogP contribution in [0.2, 0.25) is 0 Å². The van der Waals surface area contributed by atoms with Crippen LogP contribution >= 0.6 is 15.9 Å². The Bertz CT molecular complexity index is 816. The third kappa shape index (κ3) is 5.74. The van der Waals surface area contributed by atoms with Gasteiger partial charge in [-0.25, -0.2) is 0 Å². The highest BCUT2D eigenvalue weighted by molar-refractivity contribution is 9.10. The normalized spacial score (nSPS) is 11.8. The molecule has 2 amide bonds. The Morgan fingerprint density at radius 1 is 1.08 bits per heavy atom. The fourth-order valence-electron chi connectivity index (χ4n) is 2.11. The molecule has 0 spiro atoms. The van der Waals surface area contributed by atoms with E-state index in [4.69, 9.17) is 4.74 Å². The average Bonchev–Trinajstić information content (AvgIpc) is 2.63. The van der Waals surface area contributed by atoms with E-state index in [0.29, 0.717) is 5.75 Å². The van der Waals surface area contributed by atoms with Crippen LogP contribution in [0.25, 0.3) is 6.08 Å². The van der Waals surface area contributed by atoms with Gasteiger partial charge in [0.2, 0.25) is 0 Å². The van der Waals surface area contributed by atoms with Crippen LogP contribution in [-0.4, -0.2) is 17.9 Å². The lowest BCUT2D eigenvalue weighted by Gasteiger charge is -2.17. The molecule has 0 aromatic heterocycles. The molecule has 2 N–H and O–H groups in total. The molecule has 26 heavy (non-hydrogen) atoms. The van der Waals surface area contributed by atoms with Gasteiger partial charge in [0.05, 0.1) is 0 Å². The van der Waals surface area contributed by atoms with Crippen LogP contribution in [-0.2, 0) is 9.59 Å². The van der Waals surface area contributed by atoms with Gasteiger partial charge < -0.3 is 4.74 Å². The predicted molar refractivity (Wildman–Crippen MR) is 105 cm³/mol. The van der Waals surface area contributed by atoms with Crippen LogP contribution in [0.5, 0.6) is 5.75 Å². The molecule has 5 nitrogen and oxygen atoms in total. The second-order valence-corrected chi connectivity index (χ2v) is 6.74. The van der Waals surface area contributed by atoms with E-state index in [1.54, 1.807) is 13.0 Å². The van der Waals surface area contributed by atoms with E-state index in [2.05, 4.69) is 26.8 Å². The van der Waals surface area contributed by atoms with Crippen molar-refractivity contribution in [3.8, 4) is 5.75 Å². The number of hydrazine groups is 1. The van der Waals surface area contributed by atoms with Gasteiger partial charge in [-0.1, -0.05) is 40.2 Å². The number of hydrogen-bond acceptors (Lipinski definition) is 3. The molecule has 2 rings (SSSR count). The average molecular weight is 417 g/mol. The van der Waals surface area contributed by atoms with E-state index in [1.807, 2.05) is 56.3 Å². The third-order valence-corrected chi connectivity index (χ3v) is 4.36. The molecular formula is C20H21BrN2O3. The zero-order valence-corrected chi connectivity index (χ0v) is 16.5. The van der Waals surface area contributed by atoms with Crippen LogP contribution in [0.3, 0.4) is 0 Å². The Hall–Kier alpha value is -2.60. The molecule has 2 aromatic rings. The number of carbonyl (C=O) groups is 2. The van der Waals surface area contributed by atoms with Gasteiger partial charge in [0.1, 0.15) is 5.75 Å². The molecular weight excluding hydrogens is 396 g/mol. The number of halogens is 1. The first-order valence-corrected chi connectivity index (χ1v) is 8.92. The van der Waals surface area contributed by atoms with E-state index in [1.165, 1.54) is 6.08 Å². The van der Waals surface area contributed by atoms with Gasteiger partial charge in [0.15, 0.2) is 6.10 Å². The number of carbonyl (C=O) groups excluding carboxylic acids is 2. The minimum atomic E-state index is -0.744. The summed E-state index contributed by atoms with van der Waals surface area (Å²) in [5.41, 5.74) is 7.64. The Labute approximate surface area is 161 Å². The van der Waals surface area contributed by atoms with Gasteiger partial charge in [-0.05, 0) is 61.7 Å². The van der Waals surface area contributed by atoms with Crippen LogP contribution in [0.15, 0.2) is 53.0 Å². The van der Waals surface area contributed by atoms with Crippen molar-refractivity contribution in [1.82, 2.24) is 10.9 Å². The van der Waals surface area contributed by atoms with Crippen molar-refractivity contribution in [2.75, 3.05) is 0 Å². The lowest BCUT2D eigenvalue weighted by Crippen LogP contribution is -2.46. The second-order valence-electron chi connectivity index (χ2n) is 5.82. The molecule has 0 saturated heterocycles. The summed E-state index contributed by atoms with van der Waals surface area (Å²) in [6, 6.07) is 13.2. The second kappa shape index (κ2) is 9.20. The van der Waals surface area contributed by atoms with Gasteiger partial charge in [-0.2, -0.15) is 0 Å². The summed E-state index contributed by atoms with van der Waals surface area (Å²) < 4.78 is 6.64. The molecule has 0 aliphatic rings. The number of benzene rings is 2. The molecule has 0 saturated carbocycles. The van der Waals surface area contributed by atoms with Crippen molar-refractivity contribution in [3.05, 3.63) is 69.7 Å². The number of ether oxygens (including phenoxy) is 1. The monoisotopic (exact) mass is 416 g/mol. The van der Waals surface area contributed by atoms with Gasteiger partial charge in [-0.15, -0.1) is 0 Å². The largest absolute Gasteiger partial charge is 0.481 e. The van der Waals surface area contributed by atoms with Crippen LogP contribution < -0.4 is 15.6 Å². The Balaban J connectivity index is 1.84. The molecule has 0 unspecified atom stereocenters. The maximum atomic E-state index is 12.1. The van der Waals surface area contributed by atoms with E-state index in [0.717, 1.165) is 21.2 Å². The summed E-state index contributed by atoms with van der Waals surface area (Å²) in [6.45, 7) is 5.54. The molecule has 0 fully saturated rings. The van der Waals surface area contributed by atoms with E-state index < -0.39 is 17.9 Å². The highest BCUT2D eigenvalue weighted by atomic mass is 79.9. The zero-order chi connectivity index (χ0) is 19.1. The molecule has 2 aromatic carbocycles. The SMILES string of the molecule is Cc1cccc(O[C@H](C)C(=O)NNC(=O)/C=C/c2ccc(Br)cc2)c1C. The standard InChI is InChI=1S/C20H21BrN2O3/c1-13-5-4-6-18(14(13)2)26-15(3)20(25)23-22-19(24)12-9-16-7-10-17(21)11-8-16/h4-12,15H,1-3H3,(H,22,24)(H,23,25)/b12-9+/t15-/m1/s1. The highest BCUT2D eigenvalue weighted by Gasteiger charge is 2.16. The zero-order valence-electron chi connectivity index (χ0n) is 14.9. The number of amides is 2. The van der Waals surface area contributed by atoms with Crippen LogP contribution in [0.1, 0.15) is 23.6 Å². The quantitative estimate of drug-likeness (QED) is 0.576. The molecule has 0 bridgehead atoms. The summed E-state index contributed by atoms with van der Waals surface area (Å²) >= 11 is 3.35. The molecule has 0 aliphatic carbocycles. The fourth-order valence-corrected chi connectivity index (χ4v) is 2.37. The summed E-state index contributed by atoms with van der Waals surface area (Å²) in [6.07, 6.45) is 2.26. The van der Waals surface area contributed by atoms with Crippen molar-refractivity contribution in [3.63, 3.8) is 0 Å². The molecule has 0 heterocycles. The Morgan fingerprint density at radius 2 is 1.77 bits per heavy atom. The van der Waals surface area contributed by atoms with Crippen molar-refractivity contribution in [2.45, 2.75) is 26.9 Å². The highest BCUT2D eigenvalue weighted by Crippen LogP contribution is 2.21. The van der Waals surface area contributed by atoms with Gasteiger partial charge in [-0.3, -0.25) is 20.4 Å². The van der Waals surface area contributed by atoms with Gasteiger partial charge >= 0.3 is 0 Å². The summed E-state index contributed by atoms with van der Waals surface area (Å²) in [4.78, 5) is 23.9. The molecule has 136 valence electrons. The minimum absolute atomic E-state index is 0.430. The first kappa shape index (κ1) is 19.7. The van der Waals surface area contributed by atoms with Crippen molar-refractivity contribution in [1.29, 1.82) is 0 Å². The topological polar surface area (TPSA) is 67.4 Å². The first-order valence-electron chi connectivity index (χ1n) is 8.13. The predicted octanol–water partition coefficient (Wildman–Crippen LogP) is 3.69. The van der Waals surface area contributed by atoms with Crippen LogP contribution in [0.4, 0.5) is 0 Å². The number of rotatable bonds is 5. The van der Waals surface area contributed by atoms with E-state index in [9.17, 15) is 9.59 Å². The van der Waals surface area contributed by atoms with Crippen LogP contribution in [0, 0.1) is 13.8 Å². The maximum Gasteiger partial charge on any atom is 0.279 e. The Morgan fingerprint density at radius 3 is 2.46 bits per heavy atom. The van der Waals surface area contributed by atoms with Gasteiger partial charge in [0, 0.05) is 10.5 Å². The first-order chi connectivity index (χ1) is 12.4. The summed E-state index contributed by atoms with van der Waals surface area (Å²) in [7, 11) is 0. The van der Waals surface area contributed by atoms with Crippen molar-refractivity contribution < 1.29 is 14.3 Å². The van der Waals surface area contributed by atoms with Gasteiger partial charge in [0.25, 0.3) is 11.8 Å². The summed E-state index contributed by atoms with van der Waals surface area (Å²) in [5.74, 6) is -0.217. The Kier molecular flexibility index (Phi) is 6.97. The number of hydrogen-bond donors (Lipinski definition) is 2. The lowest BCUT2D eigenvalue weighted by molar-refractivity contribution is -0.131. The number of nitrogens with one attached hydrogen (secondary N) is 2. The lowest BCUT2D eigenvalue weighted by atomic mass is 10.1. The smallest absolute Gasteiger partial charge is 0.279 e. The molecule has 0 radical (unpaired) electrons. The fraction of sp³-hybridized carbons (Fsp3) is 0.200. The van der Waals surface area contributed by atoms with Crippen molar-refractivity contribution in [2.24, 2.45) is 0 Å². The maximum absolute atomic E-state index is 12.1. The number of aryl methyl sites for hydroxylation is 1. The van der Waals surface area contributed by atoms with E-state index in [-0.39, 0.29) is 0 Å². The molecule has 6 heteroatoms. The molecule has 0 aliphatic heterocycles. The third-order valence-electron chi connectivity index (χ3n) is 3.83. The molecule has 1 atom stereocenters.